The summed E-state index contributed by atoms with van der Waals surface area (Å²) >= 11 is 0. The molecular weight excluding hydrogens is 260 g/mol. The lowest BCUT2D eigenvalue weighted by atomic mass is 10.1. The maximum atomic E-state index is 11.9. The van der Waals surface area contributed by atoms with E-state index in [0.717, 1.165) is 6.54 Å². The number of carbonyl (C=O) groups is 1. The molecule has 0 radical (unpaired) electrons. The molecule has 1 amide bonds. The summed E-state index contributed by atoms with van der Waals surface area (Å²) in [6.45, 7) is 4.86. The van der Waals surface area contributed by atoms with Crippen molar-refractivity contribution in [2.24, 2.45) is 5.92 Å². The molecule has 0 aromatic heterocycles. The van der Waals surface area contributed by atoms with E-state index in [1.54, 1.807) is 0 Å². The summed E-state index contributed by atoms with van der Waals surface area (Å²) < 4.78 is 0. The fourth-order valence-electron chi connectivity index (χ4n) is 3.21. The zero-order chi connectivity index (χ0) is 14.7. The van der Waals surface area contributed by atoms with Gasteiger partial charge in [0, 0.05) is 32.0 Å². The van der Waals surface area contributed by atoms with Crippen molar-refractivity contribution in [1.29, 1.82) is 0 Å². The number of amides is 1. The highest BCUT2D eigenvalue weighted by atomic mass is 16.2. The zero-order valence-electron chi connectivity index (χ0n) is 12.4. The fourth-order valence-corrected chi connectivity index (χ4v) is 3.21. The molecule has 1 aromatic carbocycles. The van der Waals surface area contributed by atoms with Crippen LogP contribution < -0.4 is 0 Å². The molecule has 0 N–H and O–H groups in total. The zero-order valence-corrected chi connectivity index (χ0v) is 12.4. The van der Waals surface area contributed by atoms with E-state index < -0.39 is 0 Å². The summed E-state index contributed by atoms with van der Waals surface area (Å²) in [5.74, 6) is 2.96. The van der Waals surface area contributed by atoms with E-state index >= 15 is 0 Å². The molecule has 3 nitrogen and oxygen atoms in total. The molecule has 3 rings (SSSR count). The minimum absolute atomic E-state index is 0.0898. The number of benzene rings is 1. The second kappa shape index (κ2) is 6.32. The number of hydrogen-bond acceptors (Lipinski definition) is 2. The predicted octanol–water partition coefficient (Wildman–Crippen LogP) is 2.26. The lowest BCUT2D eigenvalue weighted by molar-refractivity contribution is -0.128. The smallest absolute Gasteiger partial charge is 0.224 e. The van der Waals surface area contributed by atoms with Crippen molar-refractivity contribution >= 4 is 5.91 Å². The Morgan fingerprint density at radius 3 is 2.29 bits per heavy atom. The van der Waals surface area contributed by atoms with Gasteiger partial charge in [-0.25, -0.2) is 0 Å². The van der Waals surface area contributed by atoms with E-state index in [2.05, 4.69) is 35.1 Å². The molecule has 0 saturated carbocycles. The predicted molar refractivity (Wildman–Crippen MR) is 83.3 cm³/mol. The van der Waals surface area contributed by atoms with Gasteiger partial charge in [0.2, 0.25) is 5.91 Å². The highest BCUT2D eigenvalue weighted by molar-refractivity contribution is 5.79. The fraction of sp³-hybridized carbons (Fsp3) is 0.500. The topological polar surface area (TPSA) is 23.6 Å². The van der Waals surface area contributed by atoms with Crippen LogP contribution in [0.2, 0.25) is 0 Å². The SMILES string of the molecule is C#CC1CC(=O)N(Cc2ccc(CN3CCCC3)cc2)C1. The Morgan fingerprint density at radius 2 is 1.71 bits per heavy atom. The van der Waals surface area contributed by atoms with E-state index in [1.165, 1.54) is 37.1 Å². The lowest BCUT2D eigenvalue weighted by Crippen LogP contribution is -2.24. The van der Waals surface area contributed by atoms with Gasteiger partial charge in [-0.3, -0.25) is 9.69 Å². The van der Waals surface area contributed by atoms with Crippen LogP contribution in [-0.2, 0) is 17.9 Å². The van der Waals surface area contributed by atoms with E-state index in [1.807, 2.05) is 4.90 Å². The third-order valence-electron chi connectivity index (χ3n) is 4.45. The van der Waals surface area contributed by atoms with Gasteiger partial charge in [-0.15, -0.1) is 12.3 Å². The van der Waals surface area contributed by atoms with Crippen LogP contribution in [0.3, 0.4) is 0 Å². The van der Waals surface area contributed by atoms with Crippen LogP contribution in [-0.4, -0.2) is 35.3 Å². The van der Waals surface area contributed by atoms with Gasteiger partial charge in [0.15, 0.2) is 0 Å². The molecule has 1 atom stereocenters. The van der Waals surface area contributed by atoms with Crippen molar-refractivity contribution in [3.8, 4) is 12.3 Å². The summed E-state index contributed by atoms with van der Waals surface area (Å²) in [4.78, 5) is 16.2. The molecule has 2 heterocycles. The van der Waals surface area contributed by atoms with Gasteiger partial charge in [-0.1, -0.05) is 24.3 Å². The molecule has 3 heteroatoms. The average Bonchev–Trinajstić information content (AvgIpc) is 3.11. The molecule has 21 heavy (non-hydrogen) atoms. The standard InChI is InChI=1S/C18H22N2O/c1-2-15-11-18(21)20(13-15)14-17-7-5-16(6-8-17)12-19-9-3-4-10-19/h1,5-8,15H,3-4,9-14H2. The number of likely N-dealkylation sites (tertiary alicyclic amines) is 2. The van der Waals surface area contributed by atoms with Gasteiger partial charge in [0.1, 0.15) is 0 Å². The summed E-state index contributed by atoms with van der Waals surface area (Å²) in [6.07, 6.45) is 8.57. The van der Waals surface area contributed by atoms with Crippen LogP contribution in [0.4, 0.5) is 0 Å². The van der Waals surface area contributed by atoms with Crippen LogP contribution >= 0.6 is 0 Å². The third kappa shape index (κ3) is 3.46. The van der Waals surface area contributed by atoms with Crippen molar-refractivity contribution in [3.63, 3.8) is 0 Å². The number of hydrogen-bond donors (Lipinski definition) is 0. The molecule has 0 bridgehead atoms. The van der Waals surface area contributed by atoms with E-state index in [9.17, 15) is 4.79 Å². The van der Waals surface area contributed by atoms with Crippen LogP contribution in [0.1, 0.15) is 30.4 Å². The second-order valence-electron chi connectivity index (χ2n) is 6.14. The number of terminal acetylenes is 1. The van der Waals surface area contributed by atoms with Crippen molar-refractivity contribution in [3.05, 3.63) is 35.4 Å². The van der Waals surface area contributed by atoms with Gasteiger partial charge in [0.05, 0.1) is 0 Å². The number of nitrogens with zero attached hydrogens (tertiary/aromatic N) is 2. The second-order valence-corrected chi connectivity index (χ2v) is 6.14. The molecule has 110 valence electrons. The van der Waals surface area contributed by atoms with Crippen molar-refractivity contribution in [2.45, 2.75) is 32.4 Å². The van der Waals surface area contributed by atoms with Crippen molar-refractivity contribution in [1.82, 2.24) is 9.80 Å². The van der Waals surface area contributed by atoms with Crippen LogP contribution in [0.5, 0.6) is 0 Å². The minimum Gasteiger partial charge on any atom is -0.337 e. The Bertz CT molecular complexity index is 537. The summed E-state index contributed by atoms with van der Waals surface area (Å²) in [6, 6.07) is 8.66. The van der Waals surface area contributed by atoms with Gasteiger partial charge in [-0.05, 0) is 37.1 Å². The first-order valence-electron chi connectivity index (χ1n) is 7.78. The Kier molecular flexibility index (Phi) is 4.26. The van der Waals surface area contributed by atoms with E-state index in [-0.39, 0.29) is 11.8 Å². The average molecular weight is 282 g/mol. The molecular formula is C18H22N2O. The first-order chi connectivity index (χ1) is 10.2. The molecule has 0 spiro atoms. The molecule has 2 aliphatic heterocycles. The van der Waals surface area contributed by atoms with Crippen LogP contribution in [0.25, 0.3) is 0 Å². The summed E-state index contributed by atoms with van der Waals surface area (Å²) in [7, 11) is 0. The molecule has 1 aromatic rings. The monoisotopic (exact) mass is 282 g/mol. The quantitative estimate of drug-likeness (QED) is 0.791. The van der Waals surface area contributed by atoms with Crippen molar-refractivity contribution in [2.75, 3.05) is 19.6 Å². The molecule has 2 saturated heterocycles. The molecule has 2 aliphatic rings. The molecule has 2 fully saturated rings. The first kappa shape index (κ1) is 14.2. The largest absolute Gasteiger partial charge is 0.337 e. The highest BCUT2D eigenvalue weighted by Crippen LogP contribution is 2.20. The van der Waals surface area contributed by atoms with Crippen LogP contribution in [0, 0.1) is 18.3 Å². The molecule has 0 aliphatic carbocycles. The van der Waals surface area contributed by atoms with Gasteiger partial charge < -0.3 is 4.90 Å². The summed E-state index contributed by atoms with van der Waals surface area (Å²) in [5.41, 5.74) is 2.54. The van der Waals surface area contributed by atoms with E-state index in [4.69, 9.17) is 6.42 Å². The van der Waals surface area contributed by atoms with E-state index in [0.29, 0.717) is 19.5 Å². The van der Waals surface area contributed by atoms with Gasteiger partial charge in [0.25, 0.3) is 0 Å². The Labute approximate surface area is 126 Å². The third-order valence-corrected chi connectivity index (χ3v) is 4.45. The normalized spacial score (nSPS) is 22.7. The van der Waals surface area contributed by atoms with Crippen molar-refractivity contribution < 1.29 is 4.79 Å². The number of carbonyl (C=O) groups excluding carboxylic acids is 1. The Hall–Kier alpha value is -1.79. The van der Waals surface area contributed by atoms with Crippen LogP contribution in [0.15, 0.2) is 24.3 Å². The summed E-state index contributed by atoms with van der Waals surface area (Å²) in [5, 5.41) is 0. The number of rotatable bonds is 4. The molecule has 1 unspecified atom stereocenters. The highest BCUT2D eigenvalue weighted by Gasteiger charge is 2.27. The van der Waals surface area contributed by atoms with Gasteiger partial charge >= 0.3 is 0 Å². The Balaban J connectivity index is 1.57. The van der Waals surface area contributed by atoms with Gasteiger partial charge in [-0.2, -0.15) is 0 Å². The first-order valence-corrected chi connectivity index (χ1v) is 7.78. The maximum Gasteiger partial charge on any atom is 0.224 e. The minimum atomic E-state index is 0.0898. The lowest BCUT2D eigenvalue weighted by Gasteiger charge is -2.17. The Morgan fingerprint density at radius 1 is 1.10 bits per heavy atom. The maximum absolute atomic E-state index is 11.9.